The fourth-order valence-electron chi connectivity index (χ4n) is 2.87. The van der Waals surface area contributed by atoms with Crippen molar-refractivity contribution < 1.29 is 4.74 Å². The maximum atomic E-state index is 5.54. The van der Waals surface area contributed by atoms with Crippen LogP contribution in [0.5, 0.6) is 0 Å². The van der Waals surface area contributed by atoms with Gasteiger partial charge < -0.3 is 19.5 Å². The van der Waals surface area contributed by atoms with Gasteiger partial charge in [0.25, 0.3) is 0 Å². The molecule has 0 unspecified atom stereocenters. The van der Waals surface area contributed by atoms with E-state index in [4.69, 9.17) is 9.72 Å². The van der Waals surface area contributed by atoms with Gasteiger partial charge in [-0.2, -0.15) is 0 Å². The Labute approximate surface area is 161 Å². The number of hydrogen-bond donors (Lipinski definition) is 1. The van der Waals surface area contributed by atoms with Crippen molar-refractivity contribution in [3.8, 4) is 0 Å². The quantitative estimate of drug-likeness (QED) is 0.560. The van der Waals surface area contributed by atoms with Crippen molar-refractivity contribution in [3.05, 3.63) is 24.3 Å². The molecule has 5 nitrogen and oxygen atoms in total. The van der Waals surface area contributed by atoms with Gasteiger partial charge in [-0.3, -0.25) is 0 Å². The lowest BCUT2D eigenvalue weighted by Crippen LogP contribution is -2.30. The Morgan fingerprint density at radius 3 is 2.87 bits per heavy atom. The second-order valence-corrected chi connectivity index (χ2v) is 5.34. The Morgan fingerprint density at radius 1 is 1.22 bits per heavy atom. The summed E-state index contributed by atoms with van der Waals surface area (Å²) >= 11 is 0. The predicted molar refractivity (Wildman–Crippen MR) is 109 cm³/mol. The molecule has 1 saturated heterocycles. The van der Waals surface area contributed by atoms with Crippen LogP contribution in [0.3, 0.4) is 0 Å². The molecule has 2 heterocycles. The van der Waals surface area contributed by atoms with Crippen LogP contribution in [0.1, 0.15) is 13.3 Å². The number of nitrogens with zero attached hydrogens (tertiary/aromatic N) is 3. The molecular weight excluding hydrogens is 427 g/mol. The predicted octanol–water partition coefficient (Wildman–Crippen LogP) is 2.91. The SMILES string of the molecule is CCOCCn1c(N2CCCNCC2)nc2ccccc21.Cl.I. The van der Waals surface area contributed by atoms with Crippen molar-refractivity contribution in [2.24, 2.45) is 0 Å². The third kappa shape index (κ3) is 4.95. The first-order valence-electron chi connectivity index (χ1n) is 7.89. The average Bonchev–Trinajstić information content (AvgIpc) is 2.70. The Balaban J connectivity index is 0.00000132. The Bertz CT molecular complexity index is 584. The van der Waals surface area contributed by atoms with Gasteiger partial charge in [-0.05, 0) is 32.0 Å². The summed E-state index contributed by atoms with van der Waals surface area (Å²) in [5.74, 6) is 1.08. The standard InChI is InChI=1S/C16H24N4O.ClH.HI/c1-2-21-13-12-20-15-7-4-3-6-14(15)18-16(20)19-10-5-8-17-9-11-19;;/h3-4,6-7,17H,2,5,8-13H2,1H3;2*1H. The van der Waals surface area contributed by atoms with Gasteiger partial charge in [0.2, 0.25) is 5.95 Å². The second kappa shape index (κ2) is 10.3. The maximum absolute atomic E-state index is 5.54. The zero-order chi connectivity index (χ0) is 14.5. The third-order valence-electron chi connectivity index (χ3n) is 3.92. The molecule has 130 valence electrons. The number of para-hydroxylation sites is 2. The third-order valence-corrected chi connectivity index (χ3v) is 3.92. The molecule has 1 N–H and O–H groups in total. The van der Waals surface area contributed by atoms with Gasteiger partial charge in [0, 0.05) is 32.8 Å². The molecule has 0 radical (unpaired) electrons. The van der Waals surface area contributed by atoms with E-state index >= 15 is 0 Å². The number of ether oxygens (including phenoxy) is 1. The van der Waals surface area contributed by atoms with Crippen LogP contribution >= 0.6 is 36.4 Å². The van der Waals surface area contributed by atoms with Crippen molar-refractivity contribution in [2.75, 3.05) is 44.3 Å². The molecular formula is C16H26ClIN4O. The molecule has 1 aromatic carbocycles. The minimum Gasteiger partial charge on any atom is -0.380 e. The van der Waals surface area contributed by atoms with Gasteiger partial charge in [-0.1, -0.05) is 12.1 Å². The molecule has 23 heavy (non-hydrogen) atoms. The van der Waals surface area contributed by atoms with Gasteiger partial charge in [0.15, 0.2) is 0 Å². The van der Waals surface area contributed by atoms with Crippen molar-refractivity contribution in [1.82, 2.24) is 14.9 Å². The molecule has 0 atom stereocenters. The minimum absolute atomic E-state index is 0. The topological polar surface area (TPSA) is 42.3 Å². The number of nitrogens with one attached hydrogen (secondary N) is 1. The molecule has 1 fully saturated rings. The molecule has 1 aromatic heterocycles. The monoisotopic (exact) mass is 452 g/mol. The van der Waals surface area contributed by atoms with Crippen LogP contribution in [0.2, 0.25) is 0 Å². The lowest BCUT2D eigenvalue weighted by molar-refractivity contribution is 0.140. The average molecular weight is 453 g/mol. The molecule has 0 spiro atoms. The summed E-state index contributed by atoms with van der Waals surface area (Å²) in [5, 5.41) is 3.45. The van der Waals surface area contributed by atoms with E-state index in [0.29, 0.717) is 0 Å². The summed E-state index contributed by atoms with van der Waals surface area (Å²) in [4.78, 5) is 7.26. The number of anilines is 1. The van der Waals surface area contributed by atoms with E-state index in [1.54, 1.807) is 0 Å². The molecule has 2 aromatic rings. The van der Waals surface area contributed by atoms with E-state index in [1.165, 1.54) is 5.52 Å². The first-order valence-corrected chi connectivity index (χ1v) is 7.89. The van der Waals surface area contributed by atoms with Crippen LogP contribution in [0.25, 0.3) is 11.0 Å². The second-order valence-electron chi connectivity index (χ2n) is 5.34. The van der Waals surface area contributed by atoms with Gasteiger partial charge in [-0.25, -0.2) is 4.98 Å². The van der Waals surface area contributed by atoms with Crippen LogP contribution in [0.4, 0.5) is 5.95 Å². The number of benzene rings is 1. The first kappa shape index (κ1) is 20.5. The van der Waals surface area contributed by atoms with E-state index in [0.717, 1.165) is 63.8 Å². The van der Waals surface area contributed by atoms with E-state index < -0.39 is 0 Å². The summed E-state index contributed by atoms with van der Waals surface area (Å²) in [6.45, 7) is 8.57. The smallest absolute Gasteiger partial charge is 0.206 e. The normalized spacial score (nSPS) is 14.9. The molecule has 1 aliphatic rings. The van der Waals surface area contributed by atoms with Crippen molar-refractivity contribution in [2.45, 2.75) is 19.9 Å². The van der Waals surface area contributed by atoms with Crippen molar-refractivity contribution >= 4 is 53.4 Å². The summed E-state index contributed by atoms with van der Waals surface area (Å²) in [6.07, 6.45) is 1.16. The fourth-order valence-corrected chi connectivity index (χ4v) is 2.87. The Kier molecular flexibility index (Phi) is 9.19. The summed E-state index contributed by atoms with van der Waals surface area (Å²) in [6, 6.07) is 8.37. The zero-order valence-corrected chi connectivity index (χ0v) is 16.7. The summed E-state index contributed by atoms with van der Waals surface area (Å²) in [7, 11) is 0. The number of fused-ring (bicyclic) bond motifs is 1. The van der Waals surface area contributed by atoms with E-state index in [-0.39, 0.29) is 36.4 Å². The van der Waals surface area contributed by atoms with E-state index in [9.17, 15) is 0 Å². The van der Waals surface area contributed by atoms with Crippen LogP contribution in [0, 0.1) is 0 Å². The zero-order valence-electron chi connectivity index (χ0n) is 13.5. The largest absolute Gasteiger partial charge is 0.380 e. The van der Waals surface area contributed by atoms with Gasteiger partial charge in [0.05, 0.1) is 17.6 Å². The lowest BCUT2D eigenvalue weighted by Gasteiger charge is -2.22. The van der Waals surface area contributed by atoms with Gasteiger partial charge >= 0.3 is 0 Å². The Morgan fingerprint density at radius 2 is 2.04 bits per heavy atom. The van der Waals surface area contributed by atoms with Gasteiger partial charge in [-0.15, -0.1) is 36.4 Å². The molecule has 0 amide bonds. The number of aromatic nitrogens is 2. The molecule has 0 bridgehead atoms. The first-order chi connectivity index (χ1) is 10.4. The summed E-state index contributed by atoms with van der Waals surface area (Å²) in [5.41, 5.74) is 2.27. The highest BCUT2D eigenvalue weighted by Gasteiger charge is 2.17. The van der Waals surface area contributed by atoms with Crippen LogP contribution in [-0.4, -0.2) is 48.9 Å². The molecule has 3 rings (SSSR count). The van der Waals surface area contributed by atoms with E-state index in [1.807, 2.05) is 6.92 Å². The number of rotatable bonds is 5. The van der Waals surface area contributed by atoms with Crippen LogP contribution < -0.4 is 10.2 Å². The van der Waals surface area contributed by atoms with Crippen LogP contribution in [0.15, 0.2) is 24.3 Å². The number of hydrogen-bond acceptors (Lipinski definition) is 4. The highest BCUT2D eigenvalue weighted by Crippen LogP contribution is 2.23. The molecule has 7 heteroatoms. The fraction of sp³-hybridized carbons (Fsp3) is 0.562. The van der Waals surface area contributed by atoms with Crippen LogP contribution in [-0.2, 0) is 11.3 Å². The number of imidazole rings is 1. The molecule has 0 saturated carbocycles. The molecule has 0 aliphatic carbocycles. The summed E-state index contributed by atoms with van der Waals surface area (Å²) < 4.78 is 7.85. The lowest BCUT2D eigenvalue weighted by atomic mass is 10.3. The highest BCUT2D eigenvalue weighted by molar-refractivity contribution is 14.0. The van der Waals surface area contributed by atoms with Crippen molar-refractivity contribution in [3.63, 3.8) is 0 Å². The van der Waals surface area contributed by atoms with Crippen molar-refractivity contribution in [1.29, 1.82) is 0 Å². The highest BCUT2D eigenvalue weighted by atomic mass is 127. The minimum atomic E-state index is 0. The number of halogens is 2. The molecule has 1 aliphatic heterocycles. The van der Waals surface area contributed by atoms with Gasteiger partial charge in [0.1, 0.15) is 0 Å². The maximum Gasteiger partial charge on any atom is 0.206 e. The Hall–Kier alpha value is -0.570. The van der Waals surface area contributed by atoms with E-state index in [2.05, 4.69) is 39.0 Å².